The summed E-state index contributed by atoms with van der Waals surface area (Å²) < 4.78 is 5.81. The first-order valence-corrected chi connectivity index (χ1v) is 8.68. The summed E-state index contributed by atoms with van der Waals surface area (Å²) in [7, 11) is 1.74. The number of para-hydroxylation sites is 1. The van der Waals surface area contributed by atoms with Crippen LogP contribution < -0.4 is 9.64 Å². The van der Waals surface area contributed by atoms with Crippen LogP contribution in [0.3, 0.4) is 0 Å². The van der Waals surface area contributed by atoms with Crippen molar-refractivity contribution < 1.29 is 9.53 Å². The number of carbonyl (C=O) groups excluding carboxylic acids is 1. The lowest BCUT2D eigenvalue weighted by atomic mass is 10.0. The van der Waals surface area contributed by atoms with Crippen molar-refractivity contribution in [1.29, 1.82) is 5.26 Å². The fourth-order valence-corrected chi connectivity index (χ4v) is 2.77. The lowest BCUT2D eigenvalue weighted by Crippen LogP contribution is -2.37. The van der Waals surface area contributed by atoms with Gasteiger partial charge in [-0.3, -0.25) is 4.79 Å². The van der Waals surface area contributed by atoms with Crippen LogP contribution in [0.5, 0.6) is 5.75 Å². The molecule has 1 atom stereocenters. The molecule has 0 aromatic heterocycles. The minimum absolute atomic E-state index is 0.114. The third-order valence-electron chi connectivity index (χ3n) is 4.34. The zero-order chi connectivity index (χ0) is 19.2. The van der Waals surface area contributed by atoms with Crippen LogP contribution in [0.25, 0.3) is 11.1 Å². The van der Waals surface area contributed by atoms with Gasteiger partial charge in [-0.15, -0.1) is 0 Å². The number of hydrogen-bond acceptors (Lipinski definition) is 3. The number of likely N-dealkylation sites (N-methyl/N-ethyl adjacent to an activating group) is 1. The molecule has 1 amide bonds. The van der Waals surface area contributed by atoms with E-state index in [2.05, 4.69) is 6.07 Å². The Morgan fingerprint density at radius 3 is 2.04 bits per heavy atom. The number of anilines is 1. The highest BCUT2D eigenvalue weighted by molar-refractivity contribution is 5.96. The van der Waals surface area contributed by atoms with E-state index < -0.39 is 6.10 Å². The summed E-state index contributed by atoms with van der Waals surface area (Å²) in [5.41, 5.74) is 3.50. The van der Waals surface area contributed by atoms with Crippen molar-refractivity contribution in [3.05, 3.63) is 84.4 Å². The first-order valence-electron chi connectivity index (χ1n) is 8.68. The van der Waals surface area contributed by atoms with Gasteiger partial charge in [0.15, 0.2) is 6.10 Å². The van der Waals surface area contributed by atoms with E-state index in [4.69, 9.17) is 10.00 Å². The van der Waals surface area contributed by atoms with Gasteiger partial charge in [0.2, 0.25) is 0 Å². The van der Waals surface area contributed by atoms with Crippen LogP contribution in [-0.2, 0) is 4.79 Å². The molecule has 0 spiro atoms. The van der Waals surface area contributed by atoms with Gasteiger partial charge in [0.05, 0.1) is 11.6 Å². The van der Waals surface area contributed by atoms with Gasteiger partial charge in [-0.05, 0) is 54.4 Å². The van der Waals surface area contributed by atoms with Crippen molar-refractivity contribution in [3.63, 3.8) is 0 Å². The summed E-state index contributed by atoms with van der Waals surface area (Å²) in [5.74, 6) is 0.520. The second-order valence-electron chi connectivity index (χ2n) is 6.21. The van der Waals surface area contributed by atoms with E-state index in [-0.39, 0.29) is 5.91 Å². The van der Waals surface area contributed by atoms with E-state index in [9.17, 15) is 4.79 Å². The SMILES string of the molecule is C[C@@H](Oc1ccc(-c2ccc(C#N)cc2)cc1)C(=O)N(C)c1ccccc1. The number of benzene rings is 3. The van der Waals surface area contributed by atoms with Crippen LogP contribution in [-0.4, -0.2) is 19.1 Å². The zero-order valence-corrected chi connectivity index (χ0v) is 15.3. The molecule has 0 saturated heterocycles. The molecule has 0 bridgehead atoms. The molecule has 134 valence electrons. The summed E-state index contributed by atoms with van der Waals surface area (Å²) in [6.45, 7) is 1.75. The average molecular weight is 356 g/mol. The topological polar surface area (TPSA) is 53.3 Å². The Morgan fingerprint density at radius 2 is 1.48 bits per heavy atom. The minimum Gasteiger partial charge on any atom is -0.481 e. The molecule has 3 aromatic carbocycles. The second-order valence-corrected chi connectivity index (χ2v) is 6.21. The van der Waals surface area contributed by atoms with Crippen molar-refractivity contribution in [2.24, 2.45) is 0 Å². The van der Waals surface area contributed by atoms with E-state index in [1.54, 1.807) is 31.0 Å². The van der Waals surface area contributed by atoms with Crippen molar-refractivity contribution in [1.82, 2.24) is 0 Å². The van der Waals surface area contributed by atoms with Crippen LogP contribution in [0.2, 0.25) is 0 Å². The summed E-state index contributed by atoms with van der Waals surface area (Å²) in [4.78, 5) is 14.2. The Hall–Kier alpha value is -3.58. The van der Waals surface area contributed by atoms with E-state index in [0.29, 0.717) is 11.3 Å². The summed E-state index contributed by atoms with van der Waals surface area (Å²) in [6, 6.07) is 26.6. The van der Waals surface area contributed by atoms with Crippen LogP contribution in [0.15, 0.2) is 78.9 Å². The maximum atomic E-state index is 12.6. The fourth-order valence-electron chi connectivity index (χ4n) is 2.77. The monoisotopic (exact) mass is 356 g/mol. The van der Waals surface area contributed by atoms with Crippen LogP contribution in [0, 0.1) is 11.3 Å². The van der Waals surface area contributed by atoms with Gasteiger partial charge in [0.1, 0.15) is 5.75 Å². The van der Waals surface area contributed by atoms with Crippen LogP contribution >= 0.6 is 0 Å². The molecule has 0 aliphatic rings. The van der Waals surface area contributed by atoms with E-state index >= 15 is 0 Å². The predicted molar refractivity (Wildman–Crippen MR) is 107 cm³/mol. The number of hydrogen-bond donors (Lipinski definition) is 0. The van der Waals surface area contributed by atoms with Crippen molar-refractivity contribution in [2.45, 2.75) is 13.0 Å². The summed E-state index contributed by atoms with van der Waals surface area (Å²) in [5, 5.41) is 8.88. The number of carbonyl (C=O) groups is 1. The molecule has 0 aliphatic carbocycles. The Labute approximate surface area is 159 Å². The minimum atomic E-state index is -0.601. The molecule has 3 rings (SSSR count). The largest absolute Gasteiger partial charge is 0.481 e. The van der Waals surface area contributed by atoms with Gasteiger partial charge in [-0.2, -0.15) is 5.26 Å². The zero-order valence-electron chi connectivity index (χ0n) is 15.3. The van der Waals surface area contributed by atoms with Gasteiger partial charge >= 0.3 is 0 Å². The lowest BCUT2D eigenvalue weighted by Gasteiger charge is -2.22. The Morgan fingerprint density at radius 1 is 0.926 bits per heavy atom. The molecule has 0 N–H and O–H groups in total. The van der Waals surface area contributed by atoms with Gasteiger partial charge in [0, 0.05) is 12.7 Å². The van der Waals surface area contributed by atoms with Gasteiger partial charge < -0.3 is 9.64 Å². The molecule has 4 heteroatoms. The number of rotatable bonds is 5. The first-order chi connectivity index (χ1) is 13.1. The molecule has 0 saturated carbocycles. The van der Waals surface area contributed by atoms with Crippen molar-refractivity contribution in [2.75, 3.05) is 11.9 Å². The number of nitrogens with zero attached hydrogens (tertiary/aromatic N) is 2. The smallest absolute Gasteiger partial charge is 0.267 e. The highest BCUT2D eigenvalue weighted by Gasteiger charge is 2.20. The van der Waals surface area contributed by atoms with Crippen LogP contribution in [0.1, 0.15) is 12.5 Å². The maximum absolute atomic E-state index is 12.6. The number of nitriles is 1. The molecular weight excluding hydrogens is 336 g/mol. The Bertz CT molecular complexity index is 942. The van der Waals surface area contributed by atoms with Gasteiger partial charge in [-0.25, -0.2) is 0 Å². The molecular formula is C23H20N2O2. The third kappa shape index (κ3) is 4.34. The van der Waals surface area contributed by atoms with Crippen molar-refractivity contribution in [3.8, 4) is 22.9 Å². The molecule has 0 fully saturated rings. The third-order valence-corrected chi connectivity index (χ3v) is 4.34. The maximum Gasteiger partial charge on any atom is 0.267 e. The lowest BCUT2D eigenvalue weighted by molar-refractivity contribution is -0.124. The van der Waals surface area contributed by atoms with Gasteiger partial charge in [-0.1, -0.05) is 42.5 Å². The average Bonchev–Trinajstić information content (AvgIpc) is 2.74. The molecule has 0 radical (unpaired) electrons. The summed E-state index contributed by atoms with van der Waals surface area (Å²) in [6.07, 6.45) is -0.601. The second kappa shape index (κ2) is 8.20. The molecule has 0 heterocycles. The van der Waals surface area contributed by atoms with Crippen molar-refractivity contribution >= 4 is 11.6 Å². The Balaban J connectivity index is 1.66. The molecule has 4 nitrogen and oxygen atoms in total. The predicted octanol–water partition coefficient (Wildman–Crippen LogP) is 4.66. The summed E-state index contributed by atoms with van der Waals surface area (Å²) >= 11 is 0. The molecule has 3 aromatic rings. The highest BCUT2D eigenvalue weighted by atomic mass is 16.5. The molecule has 0 aliphatic heterocycles. The highest BCUT2D eigenvalue weighted by Crippen LogP contribution is 2.24. The van der Waals surface area contributed by atoms with E-state index in [1.165, 1.54) is 0 Å². The Kier molecular flexibility index (Phi) is 5.53. The standard InChI is InChI=1S/C23H20N2O2/c1-17(23(26)25(2)21-6-4-3-5-7-21)27-22-14-12-20(13-15-22)19-10-8-18(16-24)9-11-19/h3-15,17H,1-2H3/t17-/m1/s1. The van der Waals surface area contributed by atoms with E-state index in [0.717, 1.165) is 16.8 Å². The number of ether oxygens (including phenoxy) is 1. The first kappa shape index (κ1) is 18.2. The molecule has 0 unspecified atom stereocenters. The quantitative estimate of drug-likeness (QED) is 0.668. The van der Waals surface area contributed by atoms with E-state index in [1.807, 2.05) is 66.7 Å². The fraction of sp³-hybridized carbons (Fsp3) is 0.130. The number of amides is 1. The molecule has 27 heavy (non-hydrogen) atoms. The van der Waals surface area contributed by atoms with Gasteiger partial charge in [0.25, 0.3) is 5.91 Å². The normalized spacial score (nSPS) is 11.3. The van der Waals surface area contributed by atoms with Crippen LogP contribution in [0.4, 0.5) is 5.69 Å².